The van der Waals surface area contributed by atoms with Gasteiger partial charge >= 0.3 is 5.69 Å². The van der Waals surface area contributed by atoms with Gasteiger partial charge in [-0.15, -0.1) is 0 Å². The van der Waals surface area contributed by atoms with E-state index in [0.717, 1.165) is 50.2 Å². The number of hydrogen-bond acceptors (Lipinski definition) is 4. The molecule has 0 atom stereocenters. The number of imidazole rings is 1. The first-order chi connectivity index (χ1) is 10.7. The van der Waals surface area contributed by atoms with E-state index in [1.807, 2.05) is 6.07 Å². The molecule has 0 amide bonds. The number of aromatic nitrogens is 2. The molecule has 6 heteroatoms. The number of aromatic amines is 1. The number of rotatable bonds is 2. The summed E-state index contributed by atoms with van der Waals surface area (Å²) >= 11 is 0. The highest BCUT2D eigenvalue weighted by Crippen LogP contribution is 2.29. The van der Waals surface area contributed by atoms with E-state index >= 15 is 0 Å². The fourth-order valence-corrected chi connectivity index (χ4v) is 3.49. The molecule has 0 aliphatic carbocycles. The van der Waals surface area contributed by atoms with Crippen molar-refractivity contribution in [3.63, 3.8) is 0 Å². The smallest absolute Gasteiger partial charge is 0.326 e. The minimum absolute atomic E-state index is 0.00451. The van der Waals surface area contributed by atoms with Gasteiger partial charge in [-0.25, -0.2) is 4.79 Å². The molecule has 22 heavy (non-hydrogen) atoms. The molecule has 0 unspecified atom stereocenters. The lowest BCUT2D eigenvalue weighted by atomic mass is 9.96. The first kappa shape index (κ1) is 13.8. The van der Waals surface area contributed by atoms with Gasteiger partial charge in [-0.3, -0.25) is 4.57 Å². The van der Waals surface area contributed by atoms with Gasteiger partial charge < -0.3 is 19.4 Å². The van der Waals surface area contributed by atoms with Crippen molar-refractivity contribution in [3.8, 4) is 0 Å². The van der Waals surface area contributed by atoms with Gasteiger partial charge in [0.2, 0.25) is 0 Å². The van der Waals surface area contributed by atoms with E-state index in [4.69, 9.17) is 9.47 Å². The lowest BCUT2D eigenvalue weighted by Crippen LogP contribution is -2.38. The molecule has 4 rings (SSSR count). The number of H-pyrrole nitrogens is 1. The van der Waals surface area contributed by atoms with Gasteiger partial charge in [-0.05, 0) is 31.0 Å². The van der Waals surface area contributed by atoms with Crippen molar-refractivity contribution < 1.29 is 9.47 Å². The first-order valence-electron chi connectivity index (χ1n) is 7.89. The minimum atomic E-state index is -0.0682. The van der Waals surface area contributed by atoms with Gasteiger partial charge in [0, 0.05) is 31.7 Å². The monoisotopic (exact) mass is 303 g/mol. The summed E-state index contributed by atoms with van der Waals surface area (Å²) in [5.41, 5.74) is 2.95. The van der Waals surface area contributed by atoms with Crippen LogP contribution in [0.3, 0.4) is 0 Å². The van der Waals surface area contributed by atoms with Crippen molar-refractivity contribution in [1.82, 2.24) is 9.55 Å². The second-order valence-electron chi connectivity index (χ2n) is 6.13. The van der Waals surface area contributed by atoms with E-state index in [9.17, 15) is 4.79 Å². The molecule has 2 saturated heterocycles. The van der Waals surface area contributed by atoms with Gasteiger partial charge in [0.15, 0.2) is 6.29 Å². The Labute approximate surface area is 128 Å². The summed E-state index contributed by atoms with van der Waals surface area (Å²) < 4.78 is 12.9. The normalized spacial score (nSPS) is 21.0. The van der Waals surface area contributed by atoms with Crippen molar-refractivity contribution >= 4 is 16.7 Å². The van der Waals surface area contributed by atoms with E-state index in [1.54, 1.807) is 11.6 Å². The Kier molecular flexibility index (Phi) is 3.43. The predicted octanol–water partition coefficient (Wildman–Crippen LogP) is 1.46. The fourth-order valence-electron chi connectivity index (χ4n) is 3.49. The molecule has 2 fully saturated rings. The van der Waals surface area contributed by atoms with E-state index in [1.165, 1.54) is 5.69 Å². The Hall–Kier alpha value is -1.79. The third kappa shape index (κ3) is 2.32. The highest BCUT2D eigenvalue weighted by molar-refractivity contribution is 5.79. The third-order valence-electron chi connectivity index (χ3n) is 4.83. The van der Waals surface area contributed by atoms with Crippen LogP contribution in [-0.4, -0.2) is 42.1 Å². The maximum atomic E-state index is 11.7. The molecule has 0 spiro atoms. The second-order valence-corrected chi connectivity index (χ2v) is 6.13. The van der Waals surface area contributed by atoms with E-state index < -0.39 is 0 Å². The number of fused-ring (bicyclic) bond motifs is 1. The zero-order valence-corrected chi connectivity index (χ0v) is 12.7. The average molecular weight is 303 g/mol. The molecule has 2 aliphatic heterocycles. The van der Waals surface area contributed by atoms with Gasteiger partial charge in [0.1, 0.15) is 0 Å². The van der Waals surface area contributed by atoms with Crippen LogP contribution in [-0.2, 0) is 16.5 Å². The van der Waals surface area contributed by atoms with Crippen LogP contribution in [0.1, 0.15) is 12.8 Å². The number of nitrogens with one attached hydrogen (secondary N) is 1. The van der Waals surface area contributed by atoms with Gasteiger partial charge in [-0.2, -0.15) is 0 Å². The topological polar surface area (TPSA) is 59.5 Å². The molecule has 2 aromatic rings. The standard InChI is InChI=1S/C16H21N3O3/c1-18-14-10-12(2-3-13(14)17-16(18)20)19-6-4-11(5-7-19)15-21-8-9-22-15/h2-3,10-11,15H,4-9H2,1H3,(H,17,20). The van der Waals surface area contributed by atoms with Crippen molar-refractivity contribution in [3.05, 3.63) is 28.7 Å². The number of piperidine rings is 1. The van der Waals surface area contributed by atoms with Crippen LogP contribution in [0, 0.1) is 5.92 Å². The summed E-state index contributed by atoms with van der Waals surface area (Å²) in [7, 11) is 1.80. The number of benzene rings is 1. The molecular weight excluding hydrogens is 282 g/mol. The first-order valence-corrected chi connectivity index (χ1v) is 7.89. The lowest BCUT2D eigenvalue weighted by molar-refractivity contribution is -0.0889. The molecular formula is C16H21N3O3. The number of hydrogen-bond donors (Lipinski definition) is 1. The molecule has 1 aromatic carbocycles. The molecule has 0 saturated carbocycles. The highest BCUT2D eigenvalue weighted by atomic mass is 16.7. The molecule has 0 radical (unpaired) electrons. The van der Waals surface area contributed by atoms with Crippen LogP contribution in [0.25, 0.3) is 11.0 Å². The number of ether oxygens (including phenoxy) is 2. The zero-order chi connectivity index (χ0) is 15.1. The van der Waals surface area contributed by atoms with Crippen molar-refractivity contribution in [2.45, 2.75) is 19.1 Å². The van der Waals surface area contributed by atoms with E-state index in [0.29, 0.717) is 5.92 Å². The van der Waals surface area contributed by atoms with Crippen LogP contribution in [0.5, 0.6) is 0 Å². The number of nitrogens with zero attached hydrogens (tertiary/aromatic N) is 2. The van der Waals surface area contributed by atoms with Crippen molar-refractivity contribution in [2.75, 3.05) is 31.2 Å². The van der Waals surface area contributed by atoms with Crippen LogP contribution < -0.4 is 10.6 Å². The summed E-state index contributed by atoms with van der Waals surface area (Å²) in [5, 5.41) is 0. The van der Waals surface area contributed by atoms with E-state index in [-0.39, 0.29) is 12.0 Å². The van der Waals surface area contributed by atoms with Crippen LogP contribution in [0.4, 0.5) is 5.69 Å². The van der Waals surface area contributed by atoms with Crippen molar-refractivity contribution in [2.24, 2.45) is 13.0 Å². The summed E-state index contributed by atoms with van der Waals surface area (Å²) in [6, 6.07) is 6.17. The fraction of sp³-hybridized carbons (Fsp3) is 0.562. The SMILES string of the molecule is Cn1c(=O)[nH]c2ccc(N3CCC(C4OCCO4)CC3)cc21. The third-order valence-corrected chi connectivity index (χ3v) is 4.83. The Morgan fingerprint density at radius 3 is 2.64 bits per heavy atom. The number of anilines is 1. The van der Waals surface area contributed by atoms with Gasteiger partial charge in [0.05, 0.1) is 24.2 Å². The van der Waals surface area contributed by atoms with Crippen LogP contribution in [0.2, 0.25) is 0 Å². The predicted molar refractivity (Wildman–Crippen MR) is 84.2 cm³/mol. The summed E-state index contributed by atoms with van der Waals surface area (Å²) in [4.78, 5) is 16.9. The Balaban J connectivity index is 1.51. The second kappa shape index (κ2) is 5.44. The maximum Gasteiger partial charge on any atom is 0.326 e. The number of aryl methyl sites for hydroxylation is 1. The lowest BCUT2D eigenvalue weighted by Gasteiger charge is -2.35. The largest absolute Gasteiger partial charge is 0.371 e. The molecule has 3 heterocycles. The van der Waals surface area contributed by atoms with Gasteiger partial charge in [-0.1, -0.05) is 0 Å². The highest BCUT2D eigenvalue weighted by Gasteiger charge is 2.30. The Bertz CT molecular complexity index is 722. The minimum Gasteiger partial charge on any atom is -0.371 e. The zero-order valence-electron chi connectivity index (χ0n) is 12.7. The Morgan fingerprint density at radius 1 is 1.18 bits per heavy atom. The maximum absolute atomic E-state index is 11.7. The van der Waals surface area contributed by atoms with Crippen LogP contribution >= 0.6 is 0 Å². The molecule has 1 aromatic heterocycles. The quantitative estimate of drug-likeness (QED) is 0.912. The molecule has 1 N–H and O–H groups in total. The molecule has 0 bridgehead atoms. The summed E-state index contributed by atoms with van der Waals surface area (Å²) in [5.74, 6) is 0.499. The van der Waals surface area contributed by atoms with Crippen molar-refractivity contribution in [1.29, 1.82) is 0 Å². The molecule has 2 aliphatic rings. The Morgan fingerprint density at radius 2 is 1.91 bits per heavy atom. The van der Waals surface area contributed by atoms with E-state index in [2.05, 4.69) is 22.0 Å². The molecule has 118 valence electrons. The van der Waals surface area contributed by atoms with Gasteiger partial charge in [0.25, 0.3) is 0 Å². The summed E-state index contributed by atoms with van der Waals surface area (Å²) in [6.07, 6.45) is 2.15. The molecule has 6 nitrogen and oxygen atoms in total. The average Bonchev–Trinajstić information content (AvgIpc) is 3.17. The van der Waals surface area contributed by atoms with Crippen LogP contribution in [0.15, 0.2) is 23.0 Å². The summed E-state index contributed by atoms with van der Waals surface area (Å²) in [6.45, 7) is 3.45.